The highest BCUT2D eigenvalue weighted by Crippen LogP contribution is 2.16. The van der Waals surface area contributed by atoms with Crippen LogP contribution in [-0.2, 0) is 11.3 Å². The largest absolute Gasteiger partial charge is 0.455 e. The fourth-order valence-electron chi connectivity index (χ4n) is 2.98. The van der Waals surface area contributed by atoms with Gasteiger partial charge in [-0.3, -0.25) is 9.20 Å². The number of H-pyrrole nitrogens is 1. The molecule has 0 aliphatic rings. The lowest BCUT2D eigenvalue weighted by atomic mass is 10.1. The molecule has 0 aliphatic carbocycles. The number of pyridine rings is 1. The summed E-state index contributed by atoms with van der Waals surface area (Å²) in [7, 11) is 0. The van der Waals surface area contributed by atoms with Crippen LogP contribution in [0.2, 0.25) is 0 Å². The van der Waals surface area contributed by atoms with Crippen molar-refractivity contribution in [1.29, 1.82) is 0 Å². The van der Waals surface area contributed by atoms with Gasteiger partial charge in [0.1, 0.15) is 6.61 Å². The van der Waals surface area contributed by atoms with Gasteiger partial charge in [-0.05, 0) is 26.0 Å². The quantitative estimate of drug-likeness (QED) is 0.575. The molecule has 1 aromatic carbocycles. The maximum atomic E-state index is 12.5. The summed E-state index contributed by atoms with van der Waals surface area (Å²) in [4.78, 5) is 35.7. The lowest BCUT2D eigenvalue weighted by molar-refractivity contribution is 0.0470. The van der Waals surface area contributed by atoms with E-state index in [1.54, 1.807) is 30.5 Å². The molecule has 0 radical (unpaired) electrons. The Balaban J connectivity index is 1.62. The summed E-state index contributed by atoms with van der Waals surface area (Å²) < 4.78 is 7.23. The van der Waals surface area contributed by atoms with Crippen LogP contribution in [0.5, 0.6) is 0 Å². The number of hydrogen-bond acceptors (Lipinski definition) is 5. The van der Waals surface area contributed by atoms with Gasteiger partial charge in [-0.1, -0.05) is 18.2 Å². The number of rotatable bonds is 3. The molecule has 0 aliphatic heterocycles. The molecule has 1 N–H and O–H groups in total. The van der Waals surface area contributed by atoms with Crippen LogP contribution in [0, 0.1) is 13.8 Å². The first-order valence-corrected chi connectivity index (χ1v) is 8.13. The molecule has 0 saturated carbocycles. The molecule has 4 aromatic rings. The Morgan fingerprint density at radius 2 is 2.00 bits per heavy atom. The van der Waals surface area contributed by atoms with Crippen LogP contribution < -0.4 is 5.56 Å². The summed E-state index contributed by atoms with van der Waals surface area (Å²) in [6.07, 6.45) is 1.79. The zero-order valence-corrected chi connectivity index (χ0v) is 14.3. The summed E-state index contributed by atoms with van der Waals surface area (Å²) in [6, 6.07) is 10.3. The lowest BCUT2D eigenvalue weighted by Crippen LogP contribution is -2.13. The van der Waals surface area contributed by atoms with Gasteiger partial charge < -0.3 is 9.72 Å². The minimum atomic E-state index is -0.565. The van der Waals surface area contributed by atoms with Gasteiger partial charge in [0.25, 0.3) is 0 Å². The third kappa shape index (κ3) is 2.83. The van der Waals surface area contributed by atoms with Crippen LogP contribution in [0.3, 0.4) is 0 Å². The molecule has 3 heterocycles. The maximum Gasteiger partial charge on any atom is 0.339 e. The summed E-state index contributed by atoms with van der Waals surface area (Å²) in [6.45, 7) is 3.86. The van der Waals surface area contributed by atoms with Crippen molar-refractivity contribution >= 4 is 22.6 Å². The van der Waals surface area contributed by atoms with Gasteiger partial charge in [-0.15, -0.1) is 0 Å². The van der Waals surface area contributed by atoms with Gasteiger partial charge in [0, 0.05) is 34.6 Å². The van der Waals surface area contributed by atoms with E-state index in [0.717, 1.165) is 11.4 Å². The van der Waals surface area contributed by atoms with Crippen LogP contribution in [0.25, 0.3) is 16.7 Å². The van der Waals surface area contributed by atoms with E-state index in [1.165, 1.54) is 6.07 Å². The van der Waals surface area contributed by atoms with E-state index in [1.807, 2.05) is 24.3 Å². The van der Waals surface area contributed by atoms with Crippen LogP contribution in [-0.4, -0.2) is 25.3 Å². The van der Waals surface area contributed by atoms with Crippen LogP contribution in [0.1, 0.15) is 27.4 Å². The zero-order chi connectivity index (χ0) is 18.3. The fraction of sp³-hybridized carbons (Fsp3) is 0.158. The van der Waals surface area contributed by atoms with E-state index in [0.29, 0.717) is 22.4 Å². The standard InChI is InChI=1S/C19H16N4O3/c1-11-7-12(2)23-9-13(21-19(23)20-11)10-26-18(25)15-8-17(24)22-16-6-4-3-5-14(15)16/h3-9H,10H2,1-2H3,(H,22,24). The van der Waals surface area contributed by atoms with Crippen LogP contribution in [0.4, 0.5) is 0 Å². The molecule has 4 rings (SSSR count). The van der Waals surface area contributed by atoms with Crippen LogP contribution in [0.15, 0.2) is 47.4 Å². The Kier molecular flexibility index (Phi) is 3.76. The average molecular weight is 348 g/mol. The molecule has 3 aromatic heterocycles. The third-order valence-corrected chi connectivity index (χ3v) is 4.13. The Bertz CT molecular complexity index is 1210. The Labute approximate surface area is 148 Å². The number of carbonyl (C=O) groups excluding carboxylic acids is 1. The van der Waals surface area contributed by atoms with E-state index < -0.39 is 5.97 Å². The van der Waals surface area contributed by atoms with E-state index in [4.69, 9.17) is 4.74 Å². The van der Waals surface area contributed by atoms with Crippen molar-refractivity contribution in [3.63, 3.8) is 0 Å². The van der Waals surface area contributed by atoms with Crippen molar-refractivity contribution in [2.45, 2.75) is 20.5 Å². The number of benzene rings is 1. The topological polar surface area (TPSA) is 89.4 Å². The second-order valence-corrected chi connectivity index (χ2v) is 6.11. The maximum absolute atomic E-state index is 12.5. The van der Waals surface area contributed by atoms with Gasteiger partial charge in [0.2, 0.25) is 11.3 Å². The molecule has 0 saturated heterocycles. The fourth-order valence-corrected chi connectivity index (χ4v) is 2.98. The molecule has 0 fully saturated rings. The molecular weight excluding hydrogens is 332 g/mol. The highest BCUT2D eigenvalue weighted by Gasteiger charge is 2.14. The van der Waals surface area contributed by atoms with Gasteiger partial charge in [0.05, 0.1) is 11.3 Å². The second-order valence-electron chi connectivity index (χ2n) is 6.11. The normalized spacial score (nSPS) is 11.2. The lowest BCUT2D eigenvalue weighted by Gasteiger charge is -2.06. The Morgan fingerprint density at radius 1 is 1.19 bits per heavy atom. The number of hydrogen-bond donors (Lipinski definition) is 1. The summed E-state index contributed by atoms with van der Waals surface area (Å²) in [5.41, 5.74) is 2.94. The number of aromatic nitrogens is 4. The van der Waals surface area contributed by atoms with E-state index in [2.05, 4.69) is 15.0 Å². The SMILES string of the molecule is Cc1cc(C)n2cc(COC(=O)c3cc(=O)[nH]c4ccccc34)nc2n1. The molecule has 26 heavy (non-hydrogen) atoms. The Morgan fingerprint density at radius 3 is 2.85 bits per heavy atom. The minimum Gasteiger partial charge on any atom is -0.455 e. The van der Waals surface area contributed by atoms with E-state index >= 15 is 0 Å². The smallest absolute Gasteiger partial charge is 0.339 e. The molecule has 7 heteroatoms. The molecule has 0 amide bonds. The highest BCUT2D eigenvalue weighted by atomic mass is 16.5. The number of para-hydroxylation sites is 1. The molecule has 130 valence electrons. The predicted molar refractivity (Wildman–Crippen MR) is 96.1 cm³/mol. The molecule has 0 unspecified atom stereocenters. The summed E-state index contributed by atoms with van der Waals surface area (Å²) in [5.74, 6) is 0.000345. The molecule has 0 atom stereocenters. The minimum absolute atomic E-state index is 0.00179. The molecule has 0 bridgehead atoms. The second kappa shape index (κ2) is 6.11. The number of carbonyl (C=O) groups is 1. The average Bonchev–Trinajstić information content (AvgIpc) is 3.02. The number of esters is 1. The number of nitrogens with one attached hydrogen (secondary N) is 1. The van der Waals surface area contributed by atoms with E-state index in [-0.39, 0.29) is 17.7 Å². The number of aryl methyl sites for hydroxylation is 2. The predicted octanol–water partition coefficient (Wildman–Crippen LogP) is 2.54. The van der Waals surface area contributed by atoms with Crippen molar-refractivity contribution < 1.29 is 9.53 Å². The van der Waals surface area contributed by atoms with Gasteiger partial charge in [-0.2, -0.15) is 0 Å². The summed E-state index contributed by atoms with van der Waals surface area (Å²) >= 11 is 0. The number of imidazole rings is 1. The van der Waals surface area contributed by atoms with E-state index in [9.17, 15) is 9.59 Å². The van der Waals surface area contributed by atoms with Crippen molar-refractivity contribution in [1.82, 2.24) is 19.4 Å². The van der Waals surface area contributed by atoms with Crippen molar-refractivity contribution in [2.24, 2.45) is 0 Å². The Hall–Kier alpha value is -3.48. The third-order valence-electron chi connectivity index (χ3n) is 4.13. The zero-order valence-electron chi connectivity index (χ0n) is 14.3. The van der Waals surface area contributed by atoms with Crippen molar-refractivity contribution in [3.8, 4) is 0 Å². The first-order chi connectivity index (χ1) is 12.5. The van der Waals surface area contributed by atoms with Crippen molar-refractivity contribution in [3.05, 3.63) is 75.6 Å². The molecule has 7 nitrogen and oxygen atoms in total. The highest BCUT2D eigenvalue weighted by molar-refractivity contribution is 6.03. The molecule has 0 spiro atoms. The number of aromatic amines is 1. The van der Waals surface area contributed by atoms with Crippen molar-refractivity contribution in [2.75, 3.05) is 0 Å². The first-order valence-electron chi connectivity index (χ1n) is 8.13. The van der Waals surface area contributed by atoms with Crippen LogP contribution >= 0.6 is 0 Å². The van der Waals surface area contributed by atoms with Gasteiger partial charge in [0.15, 0.2) is 0 Å². The monoisotopic (exact) mass is 348 g/mol. The first kappa shape index (κ1) is 16.0. The van der Waals surface area contributed by atoms with Gasteiger partial charge >= 0.3 is 5.97 Å². The number of fused-ring (bicyclic) bond motifs is 2. The molecular formula is C19H16N4O3. The van der Waals surface area contributed by atoms with Gasteiger partial charge in [-0.25, -0.2) is 14.8 Å². The number of ether oxygens (including phenoxy) is 1. The number of nitrogens with zero attached hydrogens (tertiary/aromatic N) is 3. The summed E-state index contributed by atoms with van der Waals surface area (Å²) in [5, 5.41) is 0.639.